The van der Waals surface area contributed by atoms with Crippen molar-refractivity contribution in [2.24, 2.45) is 11.7 Å². The molecule has 1 amide bonds. The number of nitrogens with two attached hydrogens (primary N) is 1. The number of thiophene rings is 1. The quantitative estimate of drug-likeness (QED) is 0.721. The van der Waals surface area contributed by atoms with E-state index in [1.54, 1.807) is 23.1 Å². The van der Waals surface area contributed by atoms with E-state index in [9.17, 15) is 4.79 Å². The summed E-state index contributed by atoms with van der Waals surface area (Å²) in [6, 6.07) is 4.13. The lowest BCUT2D eigenvalue weighted by Crippen LogP contribution is -2.59. The summed E-state index contributed by atoms with van der Waals surface area (Å²) < 4.78 is 1.25. The van der Waals surface area contributed by atoms with Crippen molar-refractivity contribution < 1.29 is 4.79 Å². The Labute approximate surface area is 117 Å². The van der Waals surface area contributed by atoms with Crippen molar-refractivity contribution in [1.29, 1.82) is 0 Å². The number of hydrogen-bond acceptors (Lipinski definition) is 4. The highest BCUT2D eigenvalue weighted by molar-refractivity contribution is 8.01. The number of rotatable bonds is 8. The van der Waals surface area contributed by atoms with Crippen LogP contribution in [0.4, 0.5) is 0 Å². The topological polar surface area (TPSA) is 55.1 Å². The fraction of sp³-hybridized carbons (Fsp3) is 0.615. The highest BCUT2D eigenvalue weighted by Gasteiger charge is 2.49. The summed E-state index contributed by atoms with van der Waals surface area (Å²) in [5.41, 5.74) is 5.17. The Hall–Kier alpha value is -0.520. The van der Waals surface area contributed by atoms with E-state index in [0.29, 0.717) is 5.92 Å². The lowest BCUT2D eigenvalue weighted by molar-refractivity contribution is -0.124. The molecule has 0 saturated heterocycles. The second-order valence-electron chi connectivity index (χ2n) is 4.76. The third-order valence-electron chi connectivity index (χ3n) is 3.34. The summed E-state index contributed by atoms with van der Waals surface area (Å²) >= 11 is 3.45. The SMILES string of the molecule is CCCNC(CSc1cccs1)(C(N)=O)C1CC1. The van der Waals surface area contributed by atoms with Crippen LogP contribution in [0, 0.1) is 5.92 Å². The maximum absolute atomic E-state index is 11.9. The van der Waals surface area contributed by atoms with Gasteiger partial charge in [0.15, 0.2) is 0 Å². The Balaban J connectivity index is 2.04. The van der Waals surface area contributed by atoms with Crippen molar-refractivity contribution in [3.63, 3.8) is 0 Å². The molecular weight excluding hydrogens is 264 g/mol. The molecule has 1 fully saturated rings. The predicted octanol–water partition coefficient (Wildman–Crippen LogP) is 2.47. The highest BCUT2D eigenvalue weighted by Crippen LogP contribution is 2.42. The normalized spacial score (nSPS) is 18.5. The van der Waals surface area contributed by atoms with Crippen molar-refractivity contribution in [1.82, 2.24) is 5.32 Å². The van der Waals surface area contributed by atoms with Gasteiger partial charge in [-0.3, -0.25) is 4.79 Å². The molecule has 0 radical (unpaired) electrons. The molecule has 18 heavy (non-hydrogen) atoms. The summed E-state index contributed by atoms with van der Waals surface area (Å²) in [5.74, 6) is 0.976. The molecule has 1 heterocycles. The van der Waals surface area contributed by atoms with Gasteiger partial charge in [0.25, 0.3) is 0 Å². The molecule has 5 heteroatoms. The monoisotopic (exact) mass is 284 g/mol. The zero-order valence-electron chi connectivity index (χ0n) is 10.6. The van der Waals surface area contributed by atoms with Gasteiger partial charge in [-0.25, -0.2) is 0 Å². The molecule has 1 unspecified atom stereocenters. The van der Waals surface area contributed by atoms with Crippen LogP contribution in [-0.4, -0.2) is 23.7 Å². The van der Waals surface area contributed by atoms with E-state index in [-0.39, 0.29) is 5.91 Å². The van der Waals surface area contributed by atoms with E-state index in [1.807, 2.05) is 6.07 Å². The Morgan fingerprint density at radius 3 is 2.94 bits per heavy atom. The summed E-state index contributed by atoms with van der Waals surface area (Å²) in [6.07, 6.45) is 3.25. The van der Waals surface area contributed by atoms with Crippen molar-refractivity contribution in [2.45, 2.75) is 35.9 Å². The number of thioether (sulfide) groups is 1. The first-order valence-electron chi connectivity index (χ1n) is 6.40. The first-order valence-corrected chi connectivity index (χ1v) is 8.27. The molecule has 3 N–H and O–H groups in total. The minimum absolute atomic E-state index is 0.192. The van der Waals surface area contributed by atoms with Gasteiger partial charge in [0, 0.05) is 5.75 Å². The van der Waals surface area contributed by atoms with Crippen LogP contribution < -0.4 is 11.1 Å². The van der Waals surface area contributed by atoms with Crippen LogP contribution in [0.5, 0.6) is 0 Å². The van der Waals surface area contributed by atoms with E-state index in [0.717, 1.165) is 31.6 Å². The molecule has 1 aliphatic carbocycles. The van der Waals surface area contributed by atoms with Gasteiger partial charge in [-0.2, -0.15) is 0 Å². The number of hydrogen-bond donors (Lipinski definition) is 2. The summed E-state index contributed by atoms with van der Waals surface area (Å²) in [7, 11) is 0. The molecule has 1 aromatic heterocycles. The highest BCUT2D eigenvalue weighted by atomic mass is 32.2. The lowest BCUT2D eigenvalue weighted by atomic mass is 9.94. The smallest absolute Gasteiger partial charge is 0.238 e. The third-order valence-corrected chi connectivity index (χ3v) is 5.67. The van der Waals surface area contributed by atoms with Crippen LogP contribution in [0.2, 0.25) is 0 Å². The Morgan fingerprint density at radius 2 is 2.44 bits per heavy atom. The van der Waals surface area contributed by atoms with Crippen LogP contribution in [-0.2, 0) is 4.79 Å². The largest absolute Gasteiger partial charge is 0.368 e. The first-order chi connectivity index (χ1) is 8.69. The van der Waals surface area contributed by atoms with Gasteiger partial charge in [-0.05, 0) is 43.2 Å². The minimum Gasteiger partial charge on any atom is -0.368 e. The van der Waals surface area contributed by atoms with Gasteiger partial charge in [0.1, 0.15) is 5.54 Å². The fourth-order valence-electron chi connectivity index (χ4n) is 2.13. The lowest BCUT2D eigenvalue weighted by Gasteiger charge is -2.31. The third kappa shape index (κ3) is 3.08. The summed E-state index contributed by atoms with van der Waals surface area (Å²) in [5, 5.41) is 5.48. The summed E-state index contributed by atoms with van der Waals surface area (Å²) in [4.78, 5) is 11.9. The standard InChI is InChI=1S/C13H20N2OS2/c1-2-7-15-13(12(14)16,10-5-6-10)9-18-11-4-3-8-17-11/h3-4,8,10,15H,2,5-7,9H2,1H3,(H2,14,16). The molecule has 0 bridgehead atoms. The van der Waals surface area contributed by atoms with Crippen LogP contribution in [0.15, 0.2) is 21.7 Å². The molecule has 1 saturated carbocycles. The number of amides is 1. The average molecular weight is 284 g/mol. The molecular formula is C13H20N2OS2. The number of nitrogens with one attached hydrogen (secondary N) is 1. The second-order valence-corrected chi connectivity index (χ2v) is 6.98. The van der Waals surface area contributed by atoms with Gasteiger partial charge in [-0.15, -0.1) is 23.1 Å². The van der Waals surface area contributed by atoms with Crippen LogP contribution in [0.3, 0.4) is 0 Å². The molecule has 0 spiro atoms. The molecule has 3 nitrogen and oxygen atoms in total. The maximum atomic E-state index is 11.9. The van der Waals surface area contributed by atoms with E-state index in [4.69, 9.17) is 5.73 Å². The van der Waals surface area contributed by atoms with Crippen molar-refractivity contribution >= 4 is 29.0 Å². The van der Waals surface area contributed by atoms with Gasteiger partial charge < -0.3 is 11.1 Å². The Morgan fingerprint density at radius 1 is 1.67 bits per heavy atom. The molecule has 1 aromatic rings. The van der Waals surface area contributed by atoms with Crippen LogP contribution in [0.25, 0.3) is 0 Å². The minimum atomic E-state index is -0.509. The van der Waals surface area contributed by atoms with Crippen molar-refractivity contribution in [3.8, 4) is 0 Å². The first kappa shape index (κ1) is 13.9. The van der Waals surface area contributed by atoms with Gasteiger partial charge in [-0.1, -0.05) is 13.0 Å². The molecule has 0 aromatic carbocycles. The number of carbonyl (C=O) groups is 1. The van der Waals surface area contributed by atoms with Crippen LogP contribution in [0.1, 0.15) is 26.2 Å². The van der Waals surface area contributed by atoms with E-state index < -0.39 is 5.54 Å². The maximum Gasteiger partial charge on any atom is 0.238 e. The Kier molecular flexibility index (Phi) is 4.70. The van der Waals surface area contributed by atoms with Gasteiger partial charge >= 0.3 is 0 Å². The summed E-state index contributed by atoms with van der Waals surface area (Å²) in [6.45, 7) is 2.96. The Bertz CT molecular complexity index is 390. The predicted molar refractivity (Wildman–Crippen MR) is 78.0 cm³/mol. The van der Waals surface area contributed by atoms with Crippen molar-refractivity contribution in [2.75, 3.05) is 12.3 Å². The zero-order chi connectivity index (χ0) is 13.0. The average Bonchev–Trinajstić information content (AvgIpc) is 3.07. The van der Waals surface area contributed by atoms with E-state index >= 15 is 0 Å². The second kappa shape index (κ2) is 6.08. The van der Waals surface area contributed by atoms with Gasteiger partial charge in [0.05, 0.1) is 4.21 Å². The molecule has 0 aliphatic heterocycles. The molecule has 1 atom stereocenters. The van der Waals surface area contributed by atoms with Crippen molar-refractivity contribution in [3.05, 3.63) is 17.5 Å². The molecule has 100 valence electrons. The van der Waals surface area contributed by atoms with E-state index in [2.05, 4.69) is 23.7 Å². The van der Waals surface area contributed by atoms with Gasteiger partial charge in [0.2, 0.25) is 5.91 Å². The fourth-order valence-corrected chi connectivity index (χ4v) is 4.22. The number of primary amides is 1. The van der Waals surface area contributed by atoms with Crippen LogP contribution >= 0.6 is 23.1 Å². The molecule has 1 aliphatic rings. The zero-order valence-corrected chi connectivity index (χ0v) is 12.3. The number of carbonyl (C=O) groups excluding carboxylic acids is 1. The van der Waals surface area contributed by atoms with E-state index in [1.165, 1.54) is 4.21 Å². The molecule has 2 rings (SSSR count).